The number of fused-ring (bicyclic) bond motifs is 1. The molecule has 1 unspecified atom stereocenters. The van der Waals surface area contributed by atoms with E-state index in [0.717, 1.165) is 36.1 Å². The zero-order valence-electron chi connectivity index (χ0n) is 17.9. The van der Waals surface area contributed by atoms with Crippen LogP contribution in [-0.2, 0) is 12.8 Å². The van der Waals surface area contributed by atoms with Crippen LogP contribution in [0.5, 0.6) is 5.75 Å². The van der Waals surface area contributed by atoms with E-state index in [0.29, 0.717) is 23.8 Å². The Labute approximate surface area is 184 Å². The van der Waals surface area contributed by atoms with Gasteiger partial charge in [-0.2, -0.15) is 0 Å². The van der Waals surface area contributed by atoms with Crippen LogP contribution >= 0.6 is 0 Å². The summed E-state index contributed by atoms with van der Waals surface area (Å²) >= 11 is 0. The normalized spacial score (nSPS) is 16.1. The lowest BCUT2D eigenvalue weighted by Gasteiger charge is -2.26. The molecule has 0 saturated carbocycles. The highest BCUT2D eigenvalue weighted by molar-refractivity contribution is 6.00. The Morgan fingerprint density at radius 2 is 1.65 bits per heavy atom. The van der Waals surface area contributed by atoms with Crippen LogP contribution in [0.2, 0.25) is 0 Å². The first-order valence-corrected chi connectivity index (χ1v) is 10.9. The molecule has 0 bridgehead atoms. The minimum atomic E-state index is -0.194. The third-order valence-electron chi connectivity index (χ3n) is 6.16. The maximum absolute atomic E-state index is 10.8. The molecule has 3 aromatic rings. The monoisotopic (exact) mass is 411 g/mol. The van der Waals surface area contributed by atoms with Crippen LogP contribution in [0, 0.1) is 11.3 Å². The lowest BCUT2D eigenvalue weighted by Crippen LogP contribution is -2.17. The number of aliphatic hydroxyl groups excluding tert-OH is 1. The first-order chi connectivity index (χ1) is 15.2. The van der Waals surface area contributed by atoms with Gasteiger partial charge in [-0.3, -0.25) is 0 Å². The highest BCUT2D eigenvalue weighted by atomic mass is 16.5. The molecule has 3 aromatic carbocycles. The number of aliphatic hydroxyl groups is 1. The van der Waals surface area contributed by atoms with E-state index in [4.69, 9.17) is 10.1 Å². The summed E-state index contributed by atoms with van der Waals surface area (Å²) in [5.74, 6) is 1.43. The Morgan fingerprint density at radius 3 is 2.26 bits per heavy atom. The second kappa shape index (κ2) is 9.65. The zero-order chi connectivity index (χ0) is 21.6. The van der Waals surface area contributed by atoms with Gasteiger partial charge in [-0.1, -0.05) is 72.8 Å². The number of rotatable bonds is 7. The average molecular weight is 412 g/mol. The smallest absolute Gasteiger partial charge is 0.122 e. The van der Waals surface area contributed by atoms with Crippen LogP contribution in [-0.4, -0.2) is 17.9 Å². The van der Waals surface area contributed by atoms with Crippen LogP contribution in [0.1, 0.15) is 41.0 Å². The molecule has 0 saturated heterocycles. The molecule has 0 aliphatic heterocycles. The molecule has 1 aliphatic carbocycles. The van der Waals surface area contributed by atoms with Gasteiger partial charge in [0.05, 0.1) is 18.8 Å². The molecule has 4 rings (SSSR count). The lowest BCUT2D eigenvalue weighted by atomic mass is 9.81. The van der Waals surface area contributed by atoms with Gasteiger partial charge in [-0.05, 0) is 59.6 Å². The largest absolute Gasteiger partial charge is 0.512 e. The SMILES string of the molecule is COc1cccc2c1CCC(CC(O)=CC(=N)C(c1ccccc1)c1ccccc1)C2. The minimum absolute atomic E-state index is 0.194. The Kier molecular flexibility index (Phi) is 6.51. The number of benzene rings is 3. The van der Waals surface area contributed by atoms with Crippen molar-refractivity contribution in [2.24, 2.45) is 5.92 Å². The van der Waals surface area contributed by atoms with Crippen molar-refractivity contribution in [2.75, 3.05) is 7.11 Å². The average Bonchev–Trinajstić information content (AvgIpc) is 2.80. The molecule has 158 valence electrons. The zero-order valence-corrected chi connectivity index (χ0v) is 17.9. The van der Waals surface area contributed by atoms with Crippen LogP contribution in [0.25, 0.3) is 0 Å². The van der Waals surface area contributed by atoms with Gasteiger partial charge in [-0.15, -0.1) is 0 Å². The molecule has 3 heteroatoms. The molecule has 3 nitrogen and oxygen atoms in total. The summed E-state index contributed by atoms with van der Waals surface area (Å²) in [6.45, 7) is 0. The number of hydrogen-bond donors (Lipinski definition) is 2. The number of ether oxygens (including phenoxy) is 1. The molecular formula is C28H29NO2. The van der Waals surface area contributed by atoms with Crippen LogP contribution in [0.4, 0.5) is 0 Å². The molecular weight excluding hydrogens is 382 g/mol. The molecule has 1 atom stereocenters. The fourth-order valence-electron chi connectivity index (χ4n) is 4.67. The fraction of sp³-hybridized carbons (Fsp3) is 0.250. The van der Waals surface area contributed by atoms with Gasteiger partial charge < -0.3 is 15.3 Å². The van der Waals surface area contributed by atoms with E-state index in [1.807, 2.05) is 72.8 Å². The van der Waals surface area contributed by atoms with E-state index in [9.17, 15) is 5.11 Å². The van der Waals surface area contributed by atoms with Crippen molar-refractivity contribution in [1.82, 2.24) is 0 Å². The first kappa shape index (κ1) is 20.9. The van der Waals surface area contributed by atoms with E-state index in [2.05, 4.69) is 6.07 Å². The molecule has 0 amide bonds. The van der Waals surface area contributed by atoms with Gasteiger partial charge in [0.2, 0.25) is 0 Å². The topological polar surface area (TPSA) is 53.3 Å². The summed E-state index contributed by atoms with van der Waals surface area (Å²) in [6.07, 6.45) is 5.16. The lowest BCUT2D eigenvalue weighted by molar-refractivity contribution is 0.330. The number of allylic oxidation sites excluding steroid dienone is 2. The van der Waals surface area contributed by atoms with E-state index in [1.54, 1.807) is 13.2 Å². The van der Waals surface area contributed by atoms with Crippen molar-refractivity contribution in [3.05, 3.63) is 113 Å². The van der Waals surface area contributed by atoms with Crippen molar-refractivity contribution in [3.8, 4) is 5.75 Å². The molecule has 0 fully saturated rings. The molecule has 0 radical (unpaired) electrons. The van der Waals surface area contributed by atoms with Crippen LogP contribution in [0.3, 0.4) is 0 Å². The summed E-state index contributed by atoms with van der Waals surface area (Å²) in [7, 11) is 1.72. The van der Waals surface area contributed by atoms with Crippen molar-refractivity contribution < 1.29 is 9.84 Å². The van der Waals surface area contributed by atoms with E-state index < -0.39 is 0 Å². The van der Waals surface area contributed by atoms with Crippen molar-refractivity contribution >= 4 is 5.71 Å². The Bertz CT molecular complexity index is 1020. The minimum Gasteiger partial charge on any atom is -0.512 e. The Hall–Kier alpha value is -3.33. The predicted molar refractivity (Wildman–Crippen MR) is 126 cm³/mol. The highest BCUT2D eigenvalue weighted by Crippen LogP contribution is 2.34. The summed E-state index contributed by atoms with van der Waals surface area (Å²) in [4.78, 5) is 0. The van der Waals surface area contributed by atoms with Gasteiger partial charge in [0.25, 0.3) is 0 Å². The maximum Gasteiger partial charge on any atom is 0.122 e. The summed E-state index contributed by atoms with van der Waals surface area (Å²) in [5.41, 5.74) is 5.13. The second-order valence-electron chi connectivity index (χ2n) is 8.26. The number of nitrogens with one attached hydrogen (secondary N) is 1. The third-order valence-corrected chi connectivity index (χ3v) is 6.16. The number of methoxy groups -OCH3 is 1. The second-order valence-corrected chi connectivity index (χ2v) is 8.26. The summed E-state index contributed by atoms with van der Waals surface area (Å²) in [5, 5.41) is 19.5. The molecule has 0 spiro atoms. The highest BCUT2D eigenvalue weighted by Gasteiger charge is 2.23. The van der Waals surface area contributed by atoms with Crippen molar-refractivity contribution in [3.63, 3.8) is 0 Å². The summed E-state index contributed by atoms with van der Waals surface area (Å²) < 4.78 is 5.50. The molecule has 0 heterocycles. The van der Waals surface area contributed by atoms with Crippen molar-refractivity contribution in [1.29, 1.82) is 5.41 Å². The maximum atomic E-state index is 10.8. The molecule has 1 aliphatic rings. The summed E-state index contributed by atoms with van der Waals surface area (Å²) in [6, 6.07) is 26.3. The standard InChI is InChI=1S/C28H29NO2/c1-31-27-14-8-13-23-17-20(15-16-25(23)27)18-24(30)19-26(29)28(21-9-4-2-5-10-21)22-11-6-3-7-12-22/h2-14,19-20,28-30H,15-18H2,1H3. The van der Waals surface area contributed by atoms with Gasteiger partial charge in [0, 0.05) is 12.1 Å². The quantitative estimate of drug-likeness (QED) is 0.345. The number of hydrogen-bond acceptors (Lipinski definition) is 3. The Balaban J connectivity index is 1.51. The molecule has 0 aromatic heterocycles. The fourth-order valence-corrected chi connectivity index (χ4v) is 4.67. The Morgan fingerprint density at radius 1 is 1.00 bits per heavy atom. The van der Waals surface area contributed by atoms with E-state index in [1.165, 1.54) is 11.1 Å². The predicted octanol–water partition coefficient (Wildman–Crippen LogP) is 6.48. The van der Waals surface area contributed by atoms with Gasteiger partial charge in [-0.25, -0.2) is 0 Å². The van der Waals surface area contributed by atoms with E-state index in [-0.39, 0.29) is 5.92 Å². The van der Waals surface area contributed by atoms with Gasteiger partial charge in [0.1, 0.15) is 5.75 Å². The van der Waals surface area contributed by atoms with Crippen LogP contribution < -0.4 is 4.74 Å². The first-order valence-electron chi connectivity index (χ1n) is 10.9. The van der Waals surface area contributed by atoms with Gasteiger partial charge >= 0.3 is 0 Å². The third kappa shape index (κ3) is 4.88. The van der Waals surface area contributed by atoms with Crippen molar-refractivity contribution in [2.45, 2.75) is 31.6 Å². The van der Waals surface area contributed by atoms with E-state index >= 15 is 0 Å². The van der Waals surface area contributed by atoms with Gasteiger partial charge in [0.15, 0.2) is 0 Å². The van der Waals surface area contributed by atoms with Crippen LogP contribution in [0.15, 0.2) is 90.7 Å². The molecule has 2 N–H and O–H groups in total. The molecule has 31 heavy (non-hydrogen) atoms.